The van der Waals surface area contributed by atoms with E-state index in [1.165, 1.54) is 12.8 Å². The summed E-state index contributed by atoms with van der Waals surface area (Å²) in [5, 5.41) is 0. The van der Waals surface area contributed by atoms with Crippen molar-refractivity contribution in [1.82, 2.24) is 0 Å². The molecular formula is C8H16O. The third kappa shape index (κ3) is 1.98. The molecule has 1 heterocycles. The van der Waals surface area contributed by atoms with E-state index in [1.807, 2.05) is 0 Å². The van der Waals surface area contributed by atoms with Crippen molar-refractivity contribution in [3.05, 3.63) is 0 Å². The molecule has 0 aromatic heterocycles. The molecule has 1 nitrogen and oxygen atoms in total. The molecule has 1 aliphatic heterocycles. The topological polar surface area (TPSA) is 9.23 Å². The van der Waals surface area contributed by atoms with Gasteiger partial charge in [-0.3, -0.25) is 0 Å². The lowest BCUT2D eigenvalue weighted by Gasteiger charge is -2.33. The van der Waals surface area contributed by atoms with Gasteiger partial charge in [-0.15, -0.1) is 0 Å². The Morgan fingerprint density at radius 2 is 2.11 bits per heavy atom. The van der Waals surface area contributed by atoms with Crippen molar-refractivity contribution < 1.29 is 4.74 Å². The Morgan fingerprint density at radius 1 is 1.44 bits per heavy atom. The van der Waals surface area contributed by atoms with Crippen molar-refractivity contribution in [2.75, 3.05) is 6.61 Å². The molecule has 1 aliphatic rings. The lowest BCUT2D eigenvalue weighted by atomic mass is 9.90. The van der Waals surface area contributed by atoms with Crippen molar-refractivity contribution in [2.45, 2.75) is 39.2 Å². The normalized spacial score (nSPS) is 34.3. The summed E-state index contributed by atoms with van der Waals surface area (Å²) >= 11 is 0. The van der Waals surface area contributed by atoms with Gasteiger partial charge in [-0.2, -0.15) is 0 Å². The first-order chi connectivity index (χ1) is 4.10. The first-order valence-corrected chi connectivity index (χ1v) is 3.74. The van der Waals surface area contributed by atoms with E-state index in [0.717, 1.165) is 12.5 Å². The molecule has 9 heavy (non-hydrogen) atoms. The molecule has 0 spiro atoms. The van der Waals surface area contributed by atoms with Gasteiger partial charge in [-0.25, -0.2) is 0 Å². The van der Waals surface area contributed by atoms with E-state index in [-0.39, 0.29) is 5.60 Å². The first-order valence-electron chi connectivity index (χ1n) is 3.74. The quantitative estimate of drug-likeness (QED) is 0.486. The first kappa shape index (κ1) is 7.07. The van der Waals surface area contributed by atoms with Gasteiger partial charge in [-0.05, 0) is 32.6 Å². The van der Waals surface area contributed by atoms with Gasteiger partial charge in [0.1, 0.15) is 0 Å². The van der Waals surface area contributed by atoms with Crippen LogP contribution in [0.25, 0.3) is 0 Å². The summed E-state index contributed by atoms with van der Waals surface area (Å²) < 4.78 is 5.54. The summed E-state index contributed by atoms with van der Waals surface area (Å²) in [5.74, 6) is 0.855. The smallest absolute Gasteiger partial charge is 0.0629 e. The van der Waals surface area contributed by atoms with Crippen molar-refractivity contribution in [1.29, 1.82) is 0 Å². The van der Waals surface area contributed by atoms with Crippen LogP contribution in [0, 0.1) is 5.92 Å². The molecule has 54 valence electrons. The van der Waals surface area contributed by atoms with Crippen molar-refractivity contribution in [2.24, 2.45) is 5.92 Å². The SMILES string of the molecule is C[C@@H]1CCOC(C)(C)C1. The fourth-order valence-electron chi connectivity index (χ4n) is 1.54. The highest BCUT2D eigenvalue weighted by Gasteiger charge is 2.25. The zero-order chi connectivity index (χ0) is 6.91. The minimum Gasteiger partial charge on any atom is -0.376 e. The molecule has 0 bridgehead atoms. The molecule has 1 atom stereocenters. The number of hydrogen-bond acceptors (Lipinski definition) is 1. The molecule has 1 rings (SSSR count). The van der Waals surface area contributed by atoms with E-state index < -0.39 is 0 Å². The second kappa shape index (κ2) is 2.30. The third-order valence-corrected chi connectivity index (χ3v) is 1.94. The van der Waals surface area contributed by atoms with E-state index in [9.17, 15) is 0 Å². The average molecular weight is 128 g/mol. The molecule has 0 aromatic carbocycles. The predicted molar refractivity (Wildman–Crippen MR) is 38.4 cm³/mol. The molecule has 1 saturated heterocycles. The van der Waals surface area contributed by atoms with E-state index in [4.69, 9.17) is 4.74 Å². The van der Waals surface area contributed by atoms with Crippen LogP contribution in [-0.2, 0) is 4.74 Å². The van der Waals surface area contributed by atoms with Crippen LogP contribution in [0.5, 0.6) is 0 Å². The Labute approximate surface area is 57.4 Å². The minimum atomic E-state index is 0.150. The summed E-state index contributed by atoms with van der Waals surface area (Å²) in [6, 6.07) is 0. The van der Waals surface area contributed by atoms with Gasteiger partial charge in [0.2, 0.25) is 0 Å². The number of ether oxygens (including phenoxy) is 1. The van der Waals surface area contributed by atoms with Gasteiger partial charge >= 0.3 is 0 Å². The highest BCUT2D eigenvalue weighted by Crippen LogP contribution is 2.27. The zero-order valence-electron chi connectivity index (χ0n) is 6.61. The van der Waals surface area contributed by atoms with E-state index in [1.54, 1.807) is 0 Å². The molecule has 0 radical (unpaired) electrons. The summed E-state index contributed by atoms with van der Waals surface area (Å²) in [4.78, 5) is 0. The van der Waals surface area contributed by atoms with Gasteiger partial charge in [0.25, 0.3) is 0 Å². The van der Waals surface area contributed by atoms with Gasteiger partial charge < -0.3 is 4.74 Å². The van der Waals surface area contributed by atoms with E-state index in [0.29, 0.717) is 0 Å². The lowest BCUT2D eigenvalue weighted by molar-refractivity contribution is -0.0690. The monoisotopic (exact) mass is 128 g/mol. The van der Waals surface area contributed by atoms with Crippen LogP contribution in [0.2, 0.25) is 0 Å². The van der Waals surface area contributed by atoms with Gasteiger partial charge in [0, 0.05) is 6.61 Å². The standard InChI is InChI=1S/C8H16O/c1-7-4-5-9-8(2,3)6-7/h7H,4-6H2,1-3H3/t7-/m1/s1. The molecular weight excluding hydrogens is 112 g/mol. The molecule has 0 unspecified atom stereocenters. The van der Waals surface area contributed by atoms with Crippen molar-refractivity contribution in [3.8, 4) is 0 Å². The third-order valence-electron chi connectivity index (χ3n) is 1.94. The predicted octanol–water partition coefficient (Wildman–Crippen LogP) is 2.21. The molecule has 1 heteroatoms. The van der Waals surface area contributed by atoms with Crippen molar-refractivity contribution in [3.63, 3.8) is 0 Å². The molecule has 0 aromatic rings. The Hall–Kier alpha value is -0.0400. The number of hydrogen-bond donors (Lipinski definition) is 0. The van der Waals surface area contributed by atoms with Crippen LogP contribution in [-0.4, -0.2) is 12.2 Å². The molecule has 0 saturated carbocycles. The minimum absolute atomic E-state index is 0.150. The Morgan fingerprint density at radius 3 is 2.44 bits per heavy atom. The summed E-state index contributed by atoms with van der Waals surface area (Å²) in [6.07, 6.45) is 2.45. The summed E-state index contributed by atoms with van der Waals surface area (Å²) in [6.45, 7) is 7.59. The van der Waals surface area contributed by atoms with Crippen LogP contribution in [0.3, 0.4) is 0 Å². The highest BCUT2D eigenvalue weighted by molar-refractivity contribution is 4.75. The molecule has 0 amide bonds. The average Bonchev–Trinajstić information content (AvgIpc) is 1.60. The zero-order valence-corrected chi connectivity index (χ0v) is 6.61. The maximum atomic E-state index is 5.54. The van der Waals surface area contributed by atoms with E-state index >= 15 is 0 Å². The maximum Gasteiger partial charge on any atom is 0.0629 e. The second-order valence-corrected chi connectivity index (χ2v) is 3.71. The van der Waals surface area contributed by atoms with Crippen molar-refractivity contribution >= 4 is 0 Å². The Balaban J connectivity index is 2.41. The van der Waals surface area contributed by atoms with E-state index in [2.05, 4.69) is 20.8 Å². The fraction of sp³-hybridized carbons (Fsp3) is 1.00. The van der Waals surface area contributed by atoms with Gasteiger partial charge in [0.15, 0.2) is 0 Å². The van der Waals surface area contributed by atoms with Gasteiger partial charge in [-0.1, -0.05) is 6.92 Å². The fourth-order valence-corrected chi connectivity index (χ4v) is 1.54. The Bertz CT molecular complexity index is 96.7. The molecule has 0 aliphatic carbocycles. The largest absolute Gasteiger partial charge is 0.376 e. The lowest BCUT2D eigenvalue weighted by Crippen LogP contribution is -2.32. The molecule has 0 N–H and O–H groups in total. The second-order valence-electron chi connectivity index (χ2n) is 3.71. The van der Waals surface area contributed by atoms with Crippen LogP contribution >= 0.6 is 0 Å². The Kier molecular flexibility index (Phi) is 1.80. The summed E-state index contributed by atoms with van der Waals surface area (Å²) in [7, 11) is 0. The maximum absolute atomic E-state index is 5.54. The van der Waals surface area contributed by atoms with Crippen LogP contribution in [0.15, 0.2) is 0 Å². The van der Waals surface area contributed by atoms with Crippen LogP contribution < -0.4 is 0 Å². The molecule has 1 fully saturated rings. The highest BCUT2D eigenvalue weighted by atomic mass is 16.5. The number of rotatable bonds is 0. The van der Waals surface area contributed by atoms with Crippen LogP contribution in [0.1, 0.15) is 33.6 Å². The summed E-state index contributed by atoms with van der Waals surface area (Å²) in [5.41, 5.74) is 0.150. The van der Waals surface area contributed by atoms with Gasteiger partial charge in [0.05, 0.1) is 5.60 Å². The van der Waals surface area contributed by atoms with Crippen LogP contribution in [0.4, 0.5) is 0 Å².